The Balaban J connectivity index is 2.04. The number of amides is 1. The van der Waals surface area contributed by atoms with E-state index in [9.17, 15) is 4.79 Å². The fourth-order valence-corrected chi connectivity index (χ4v) is 2.87. The zero-order chi connectivity index (χ0) is 12.3. The zero-order valence-electron chi connectivity index (χ0n) is 10.3. The van der Waals surface area contributed by atoms with E-state index >= 15 is 0 Å². The number of aromatic nitrogens is 1. The Hall–Kier alpha value is -1.03. The molecule has 2 atom stereocenters. The second-order valence-corrected chi connectivity index (χ2v) is 5.44. The van der Waals surface area contributed by atoms with Gasteiger partial charge in [-0.25, -0.2) is 4.98 Å². The van der Waals surface area contributed by atoms with Gasteiger partial charge in [-0.2, -0.15) is 0 Å². The summed E-state index contributed by atoms with van der Waals surface area (Å²) in [6.45, 7) is 2.24. The van der Waals surface area contributed by atoms with Gasteiger partial charge in [0.05, 0.1) is 5.56 Å². The highest BCUT2D eigenvalue weighted by atomic mass is 32.2. The molecule has 92 valence electrons. The number of carbonyl (C=O) groups excluding carboxylic acids is 1. The molecule has 1 N–H and O–H groups in total. The van der Waals surface area contributed by atoms with E-state index in [0.29, 0.717) is 11.6 Å². The van der Waals surface area contributed by atoms with E-state index in [4.69, 9.17) is 0 Å². The van der Waals surface area contributed by atoms with Crippen LogP contribution in [0, 0.1) is 5.92 Å². The minimum atomic E-state index is 0.0153. The smallest absolute Gasteiger partial charge is 0.254 e. The molecule has 0 radical (unpaired) electrons. The molecule has 0 bridgehead atoms. The fraction of sp³-hybridized carbons (Fsp3) is 0.538. The fourth-order valence-electron chi connectivity index (χ4n) is 2.33. The van der Waals surface area contributed by atoms with E-state index in [0.717, 1.165) is 23.8 Å². The molecule has 17 heavy (non-hydrogen) atoms. The molecule has 1 aliphatic rings. The molecule has 0 aromatic carbocycles. The second-order valence-electron chi connectivity index (χ2n) is 4.65. The van der Waals surface area contributed by atoms with Crippen LogP contribution in [0.15, 0.2) is 23.4 Å². The van der Waals surface area contributed by atoms with Gasteiger partial charge < -0.3 is 5.32 Å². The van der Waals surface area contributed by atoms with Crippen LogP contribution in [-0.2, 0) is 0 Å². The Bertz CT molecular complexity index is 408. The summed E-state index contributed by atoms with van der Waals surface area (Å²) in [6.07, 6.45) is 7.08. The first-order chi connectivity index (χ1) is 8.20. The monoisotopic (exact) mass is 250 g/mol. The largest absolute Gasteiger partial charge is 0.349 e. The van der Waals surface area contributed by atoms with Gasteiger partial charge in [-0.3, -0.25) is 4.79 Å². The summed E-state index contributed by atoms with van der Waals surface area (Å²) < 4.78 is 0. The highest BCUT2D eigenvalue weighted by molar-refractivity contribution is 7.98. The van der Waals surface area contributed by atoms with Crippen molar-refractivity contribution in [1.82, 2.24) is 10.3 Å². The maximum Gasteiger partial charge on any atom is 0.254 e. The van der Waals surface area contributed by atoms with Gasteiger partial charge in [-0.1, -0.05) is 6.92 Å². The maximum absolute atomic E-state index is 12.1. The first-order valence-corrected chi connectivity index (χ1v) is 7.23. The molecule has 0 aliphatic heterocycles. The van der Waals surface area contributed by atoms with Gasteiger partial charge in [-0.15, -0.1) is 11.8 Å². The van der Waals surface area contributed by atoms with E-state index in [1.807, 2.05) is 18.4 Å². The Morgan fingerprint density at radius 3 is 3.00 bits per heavy atom. The molecule has 1 aliphatic carbocycles. The van der Waals surface area contributed by atoms with E-state index in [1.165, 1.54) is 18.2 Å². The lowest BCUT2D eigenvalue weighted by Gasteiger charge is -2.13. The number of carbonyl (C=O) groups is 1. The van der Waals surface area contributed by atoms with Gasteiger partial charge in [-0.05, 0) is 43.6 Å². The van der Waals surface area contributed by atoms with Crippen LogP contribution in [0.5, 0.6) is 0 Å². The average Bonchev–Trinajstić information content (AvgIpc) is 2.74. The molecule has 2 rings (SSSR count). The topological polar surface area (TPSA) is 42.0 Å². The summed E-state index contributed by atoms with van der Waals surface area (Å²) in [5.74, 6) is 0.746. The number of hydrogen-bond donors (Lipinski definition) is 1. The highest BCUT2D eigenvalue weighted by Crippen LogP contribution is 2.25. The average molecular weight is 250 g/mol. The van der Waals surface area contributed by atoms with Gasteiger partial charge >= 0.3 is 0 Å². The molecule has 0 spiro atoms. The van der Waals surface area contributed by atoms with Crippen LogP contribution in [0.4, 0.5) is 0 Å². The number of pyridine rings is 1. The third-order valence-corrected chi connectivity index (χ3v) is 3.95. The van der Waals surface area contributed by atoms with Gasteiger partial charge in [0.15, 0.2) is 0 Å². The minimum Gasteiger partial charge on any atom is -0.349 e. The lowest BCUT2D eigenvalue weighted by molar-refractivity contribution is 0.0933. The van der Waals surface area contributed by atoms with Gasteiger partial charge in [0, 0.05) is 12.2 Å². The molecule has 4 heteroatoms. The Morgan fingerprint density at radius 2 is 2.35 bits per heavy atom. The summed E-state index contributed by atoms with van der Waals surface area (Å²) >= 11 is 1.51. The first kappa shape index (κ1) is 12.4. The molecule has 1 saturated carbocycles. The van der Waals surface area contributed by atoms with Crippen molar-refractivity contribution >= 4 is 17.7 Å². The predicted octanol–water partition coefficient (Wildman–Crippen LogP) is 2.72. The molecule has 1 amide bonds. The summed E-state index contributed by atoms with van der Waals surface area (Å²) in [5, 5.41) is 3.91. The van der Waals surface area contributed by atoms with E-state index in [-0.39, 0.29) is 5.91 Å². The molecule has 1 fully saturated rings. The normalized spacial score (nSPS) is 23.6. The van der Waals surface area contributed by atoms with E-state index < -0.39 is 0 Å². The lowest BCUT2D eigenvalue weighted by Crippen LogP contribution is -2.33. The Labute approximate surface area is 106 Å². The second kappa shape index (κ2) is 5.54. The van der Waals surface area contributed by atoms with Crippen molar-refractivity contribution in [2.75, 3.05) is 6.26 Å². The molecule has 1 heterocycles. The lowest BCUT2D eigenvalue weighted by atomic mass is 10.1. The first-order valence-electron chi connectivity index (χ1n) is 6.00. The van der Waals surface area contributed by atoms with Crippen LogP contribution in [0.3, 0.4) is 0 Å². The number of nitrogens with one attached hydrogen (secondary N) is 1. The van der Waals surface area contributed by atoms with Crippen molar-refractivity contribution < 1.29 is 4.79 Å². The van der Waals surface area contributed by atoms with E-state index in [1.54, 1.807) is 6.20 Å². The number of rotatable bonds is 3. The minimum absolute atomic E-state index is 0.0153. The standard InChI is InChI=1S/C13H18N2OS/c1-9-5-6-10(8-9)15-12(16)11-4-3-7-14-13(11)17-2/h3-4,7,9-10H,5-6,8H2,1-2H3,(H,15,16). The molecular weight excluding hydrogens is 232 g/mol. The Kier molecular flexibility index (Phi) is 4.05. The van der Waals surface area contributed by atoms with Crippen molar-refractivity contribution in [2.45, 2.75) is 37.3 Å². The van der Waals surface area contributed by atoms with Crippen LogP contribution >= 0.6 is 11.8 Å². The molecular formula is C13H18N2OS. The summed E-state index contributed by atoms with van der Waals surface area (Å²) in [4.78, 5) is 16.3. The van der Waals surface area contributed by atoms with Gasteiger partial charge in [0.25, 0.3) is 5.91 Å². The van der Waals surface area contributed by atoms with E-state index in [2.05, 4.69) is 17.2 Å². The predicted molar refractivity (Wildman–Crippen MR) is 70.3 cm³/mol. The maximum atomic E-state index is 12.1. The van der Waals surface area contributed by atoms with Crippen LogP contribution < -0.4 is 5.32 Å². The van der Waals surface area contributed by atoms with Crippen molar-refractivity contribution in [2.24, 2.45) is 5.92 Å². The molecule has 0 saturated heterocycles. The van der Waals surface area contributed by atoms with Crippen molar-refractivity contribution in [3.8, 4) is 0 Å². The third-order valence-electron chi connectivity index (χ3n) is 3.24. The van der Waals surface area contributed by atoms with Crippen LogP contribution in [-0.4, -0.2) is 23.2 Å². The van der Waals surface area contributed by atoms with Crippen molar-refractivity contribution in [3.05, 3.63) is 23.9 Å². The zero-order valence-corrected chi connectivity index (χ0v) is 11.1. The molecule has 3 nitrogen and oxygen atoms in total. The number of thioether (sulfide) groups is 1. The summed E-state index contributed by atoms with van der Waals surface area (Å²) in [6, 6.07) is 3.99. The number of nitrogens with zero attached hydrogens (tertiary/aromatic N) is 1. The third kappa shape index (κ3) is 3.00. The molecule has 1 aromatic rings. The Morgan fingerprint density at radius 1 is 1.53 bits per heavy atom. The SMILES string of the molecule is CSc1ncccc1C(=O)NC1CCC(C)C1. The summed E-state index contributed by atoms with van der Waals surface area (Å²) in [7, 11) is 0. The van der Waals surface area contributed by atoms with Crippen LogP contribution in [0.2, 0.25) is 0 Å². The van der Waals surface area contributed by atoms with Crippen molar-refractivity contribution in [1.29, 1.82) is 0 Å². The number of hydrogen-bond acceptors (Lipinski definition) is 3. The summed E-state index contributed by atoms with van der Waals surface area (Å²) in [5.41, 5.74) is 0.694. The van der Waals surface area contributed by atoms with Crippen LogP contribution in [0.1, 0.15) is 36.5 Å². The van der Waals surface area contributed by atoms with Crippen LogP contribution in [0.25, 0.3) is 0 Å². The van der Waals surface area contributed by atoms with Gasteiger partial charge in [0.1, 0.15) is 5.03 Å². The van der Waals surface area contributed by atoms with Gasteiger partial charge in [0.2, 0.25) is 0 Å². The molecule has 2 unspecified atom stereocenters. The quantitative estimate of drug-likeness (QED) is 0.839. The van der Waals surface area contributed by atoms with Crippen molar-refractivity contribution in [3.63, 3.8) is 0 Å². The molecule has 1 aromatic heterocycles. The highest BCUT2D eigenvalue weighted by Gasteiger charge is 2.23.